The van der Waals surface area contributed by atoms with Crippen LogP contribution in [0.4, 0.5) is 5.69 Å². The second-order valence-corrected chi connectivity index (χ2v) is 7.41. The highest BCUT2D eigenvalue weighted by molar-refractivity contribution is 6.06. The monoisotopic (exact) mass is 427 g/mol. The van der Waals surface area contributed by atoms with Crippen LogP contribution in [0, 0.1) is 10.8 Å². The number of hydrogen-bond acceptors (Lipinski definition) is 6. The number of carbonyl (C=O) groups is 2. The van der Waals surface area contributed by atoms with E-state index < -0.39 is 11.8 Å². The van der Waals surface area contributed by atoms with Crippen molar-refractivity contribution < 1.29 is 9.59 Å². The number of aromatic nitrogens is 2. The van der Waals surface area contributed by atoms with E-state index in [0.717, 1.165) is 12.8 Å². The molecule has 4 rings (SSSR count). The van der Waals surface area contributed by atoms with E-state index in [1.54, 1.807) is 53.6 Å². The van der Waals surface area contributed by atoms with Gasteiger partial charge < -0.3 is 16.0 Å². The van der Waals surface area contributed by atoms with Gasteiger partial charge in [0.05, 0.1) is 11.9 Å². The Hall–Kier alpha value is -4.40. The molecule has 0 radical (unpaired) electrons. The molecular weight excluding hydrogens is 406 g/mol. The molecule has 0 atom stereocenters. The highest BCUT2D eigenvalue weighted by atomic mass is 16.2. The predicted octanol–water partition coefficient (Wildman–Crippen LogP) is 2.89. The summed E-state index contributed by atoms with van der Waals surface area (Å²) in [6.45, 7) is 0. The number of hydrogen-bond donors (Lipinski definition) is 4. The van der Waals surface area contributed by atoms with Crippen LogP contribution in [0.3, 0.4) is 0 Å². The minimum Gasteiger partial charge on any atom is -0.366 e. The Bertz CT molecular complexity index is 1220. The number of anilines is 1. The maximum Gasteiger partial charge on any atom is 0.274 e. The SMILES string of the molecule is N=CN(C(=N)c1cccc(NC(=O)c2cc(-c3cncc(C(N)=O)c3)ccn2)c1)C1CC1. The lowest BCUT2D eigenvalue weighted by molar-refractivity contribution is 0.0996. The molecule has 0 saturated heterocycles. The van der Waals surface area contributed by atoms with Gasteiger partial charge in [0.2, 0.25) is 5.91 Å². The van der Waals surface area contributed by atoms with Gasteiger partial charge in [-0.15, -0.1) is 0 Å². The average molecular weight is 427 g/mol. The Labute approximate surface area is 184 Å². The fourth-order valence-corrected chi connectivity index (χ4v) is 3.26. The summed E-state index contributed by atoms with van der Waals surface area (Å²) in [4.78, 5) is 34.0. The third kappa shape index (κ3) is 4.51. The van der Waals surface area contributed by atoms with E-state index in [9.17, 15) is 9.59 Å². The Kier molecular flexibility index (Phi) is 5.71. The summed E-state index contributed by atoms with van der Waals surface area (Å²) in [6.07, 6.45) is 7.57. The number of primary amides is 1. The molecule has 9 heteroatoms. The molecule has 2 heterocycles. The first-order valence-corrected chi connectivity index (χ1v) is 9.97. The van der Waals surface area contributed by atoms with Crippen LogP contribution in [0.25, 0.3) is 11.1 Å². The number of nitrogens with two attached hydrogens (primary N) is 1. The molecule has 160 valence electrons. The van der Waals surface area contributed by atoms with E-state index >= 15 is 0 Å². The fourth-order valence-electron chi connectivity index (χ4n) is 3.26. The number of nitrogens with zero attached hydrogens (tertiary/aromatic N) is 3. The van der Waals surface area contributed by atoms with Crippen LogP contribution in [0.5, 0.6) is 0 Å². The second-order valence-electron chi connectivity index (χ2n) is 7.41. The summed E-state index contributed by atoms with van der Waals surface area (Å²) < 4.78 is 0. The van der Waals surface area contributed by atoms with E-state index in [1.165, 1.54) is 18.7 Å². The molecule has 0 unspecified atom stereocenters. The Morgan fingerprint density at radius 1 is 1.09 bits per heavy atom. The minimum absolute atomic E-state index is 0.187. The van der Waals surface area contributed by atoms with Gasteiger partial charge in [0.15, 0.2) is 0 Å². The van der Waals surface area contributed by atoms with E-state index in [4.69, 9.17) is 16.6 Å². The first kappa shape index (κ1) is 20.9. The highest BCUT2D eigenvalue weighted by Crippen LogP contribution is 2.27. The molecule has 1 aliphatic carbocycles. The van der Waals surface area contributed by atoms with Crippen LogP contribution >= 0.6 is 0 Å². The van der Waals surface area contributed by atoms with Gasteiger partial charge in [-0.25, -0.2) is 0 Å². The molecule has 5 N–H and O–H groups in total. The number of pyridine rings is 2. The normalized spacial score (nSPS) is 12.6. The van der Waals surface area contributed by atoms with Crippen LogP contribution < -0.4 is 11.1 Å². The van der Waals surface area contributed by atoms with Crippen LogP contribution in [0.2, 0.25) is 0 Å². The van der Waals surface area contributed by atoms with Crippen molar-refractivity contribution in [1.29, 1.82) is 10.8 Å². The average Bonchev–Trinajstić information content (AvgIpc) is 3.65. The van der Waals surface area contributed by atoms with E-state index in [1.807, 2.05) is 0 Å². The maximum absolute atomic E-state index is 12.8. The molecule has 32 heavy (non-hydrogen) atoms. The lowest BCUT2D eigenvalue weighted by Gasteiger charge is -2.19. The Morgan fingerprint density at radius 3 is 2.62 bits per heavy atom. The van der Waals surface area contributed by atoms with E-state index in [2.05, 4.69) is 15.3 Å². The topological polar surface area (TPSA) is 149 Å². The van der Waals surface area contributed by atoms with Gasteiger partial charge in [0.1, 0.15) is 11.5 Å². The quantitative estimate of drug-likeness (QED) is 0.338. The number of benzene rings is 1. The molecule has 0 bridgehead atoms. The van der Waals surface area contributed by atoms with Gasteiger partial charge in [0, 0.05) is 41.4 Å². The van der Waals surface area contributed by atoms with Gasteiger partial charge in [0.25, 0.3) is 5.91 Å². The zero-order valence-electron chi connectivity index (χ0n) is 17.1. The first-order chi connectivity index (χ1) is 15.5. The number of rotatable bonds is 7. The molecule has 3 aromatic rings. The van der Waals surface area contributed by atoms with Crippen LogP contribution in [0.1, 0.15) is 39.3 Å². The van der Waals surface area contributed by atoms with Gasteiger partial charge in [-0.2, -0.15) is 0 Å². The largest absolute Gasteiger partial charge is 0.366 e. The predicted molar refractivity (Wildman–Crippen MR) is 121 cm³/mol. The van der Waals surface area contributed by atoms with Gasteiger partial charge >= 0.3 is 0 Å². The van der Waals surface area contributed by atoms with E-state index in [-0.39, 0.29) is 23.1 Å². The summed E-state index contributed by atoms with van der Waals surface area (Å²) >= 11 is 0. The zero-order valence-corrected chi connectivity index (χ0v) is 17.1. The molecule has 0 aliphatic heterocycles. The second kappa shape index (κ2) is 8.76. The number of amidine groups is 1. The minimum atomic E-state index is -0.583. The number of carbonyl (C=O) groups excluding carboxylic acids is 2. The molecule has 1 saturated carbocycles. The van der Waals surface area contributed by atoms with Crippen molar-refractivity contribution in [3.8, 4) is 11.1 Å². The van der Waals surface area contributed by atoms with Gasteiger partial charge in [-0.3, -0.25) is 30.4 Å². The van der Waals surface area contributed by atoms with Crippen molar-refractivity contribution in [1.82, 2.24) is 14.9 Å². The van der Waals surface area contributed by atoms with Crippen LogP contribution in [-0.4, -0.2) is 44.9 Å². The summed E-state index contributed by atoms with van der Waals surface area (Å²) in [5, 5.41) is 18.8. The van der Waals surface area contributed by atoms with Crippen molar-refractivity contribution in [2.45, 2.75) is 18.9 Å². The van der Waals surface area contributed by atoms with E-state index in [0.29, 0.717) is 22.4 Å². The van der Waals surface area contributed by atoms with Gasteiger partial charge in [-0.1, -0.05) is 12.1 Å². The van der Waals surface area contributed by atoms with Crippen molar-refractivity contribution in [3.63, 3.8) is 0 Å². The third-order valence-electron chi connectivity index (χ3n) is 5.08. The number of amides is 2. The molecule has 1 aliphatic rings. The van der Waals surface area contributed by atoms with Crippen LogP contribution in [-0.2, 0) is 0 Å². The van der Waals surface area contributed by atoms with Crippen molar-refractivity contribution in [3.05, 3.63) is 77.9 Å². The van der Waals surface area contributed by atoms with Crippen molar-refractivity contribution >= 4 is 29.7 Å². The molecule has 9 nitrogen and oxygen atoms in total. The molecular formula is C23H21N7O2. The maximum atomic E-state index is 12.8. The third-order valence-corrected chi connectivity index (χ3v) is 5.08. The first-order valence-electron chi connectivity index (χ1n) is 9.97. The van der Waals surface area contributed by atoms with Crippen molar-refractivity contribution in [2.24, 2.45) is 5.73 Å². The summed E-state index contributed by atoms with van der Waals surface area (Å²) in [6, 6.07) is 12.1. The molecule has 1 fully saturated rings. The Morgan fingerprint density at radius 2 is 1.91 bits per heavy atom. The summed E-state index contributed by atoms with van der Waals surface area (Å²) in [5.41, 5.74) is 8.21. The standard InChI is InChI=1S/C23H21N7O2/c24-13-30(19-4-5-19)21(25)15-2-1-3-18(9-15)29-23(32)20-10-14(6-7-28-20)16-8-17(22(26)31)12-27-11-16/h1-3,6-13,19,24-25H,4-5H2,(H2,26,31)(H,29,32). The van der Waals surface area contributed by atoms with Crippen LogP contribution in [0.15, 0.2) is 61.1 Å². The summed E-state index contributed by atoms with van der Waals surface area (Å²) in [5.74, 6) is -0.777. The lowest BCUT2D eigenvalue weighted by atomic mass is 10.1. The molecule has 2 amide bonds. The summed E-state index contributed by atoms with van der Waals surface area (Å²) in [7, 11) is 0. The number of nitrogens with one attached hydrogen (secondary N) is 3. The fraction of sp³-hybridized carbons (Fsp3) is 0.130. The van der Waals surface area contributed by atoms with Crippen molar-refractivity contribution in [2.75, 3.05) is 5.32 Å². The van der Waals surface area contributed by atoms with Gasteiger partial charge in [-0.05, 0) is 48.7 Å². The Balaban J connectivity index is 1.53. The smallest absolute Gasteiger partial charge is 0.274 e. The zero-order chi connectivity index (χ0) is 22.7. The molecule has 1 aromatic carbocycles. The molecule has 0 spiro atoms. The molecule has 2 aromatic heterocycles. The highest BCUT2D eigenvalue weighted by Gasteiger charge is 2.30. The lowest BCUT2D eigenvalue weighted by Crippen LogP contribution is -2.31.